The third-order valence-corrected chi connectivity index (χ3v) is 3.53. The van der Waals surface area contributed by atoms with Crippen LogP contribution in [0.5, 0.6) is 0 Å². The molecule has 0 atom stereocenters. The SMILES string of the molecule is CCC1CCC(c2n[nH]c(CN)n2)CC1. The van der Waals surface area contributed by atoms with Gasteiger partial charge in [-0.1, -0.05) is 13.3 Å². The molecule has 1 heterocycles. The molecular weight excluding hydrogens is 188 g/mol. The molecule has 0 unspecified atom stereocenters. The second kappa shape index (κ2) is 4.75. The van der Waals surface area contributed by atoms with Crippen LogP contribution in [0.1, 0.15) is 56.6 Å². The Bertz CT molecular complexity index is 299. The van der Waals surface area contributed by atoms with E-state index in [1.165, 1.54) is 32.1 Å². The third-order valence-electron chi connectivity index (χ3n) is 3.53. The van der Waals surface area contributed by atoms with Gasteiger partial charge in [0.1, 0.15) is 5.82 Å². The zero-order valence-electron chi connectivity index (χ0n) is 9.37. The Labute approximate surface area is 90.7 Å². The summed E-state index contributed by atoms with van der Waals surface area (Å²) in [5.41, 5.74) is 5.50. The monoisotopic (exact) mass is 208 g/mol. The van der Waals surface area contributed by atoms with E-state index in [1.54, 1.807) is 0 Å². The molecule has 1 aromatic heterocycles. The Morgan fingerprint density at radius 1 is 1.33 bits per heavy atom. The van der Waals surface area contributed by atoms with Gasteiger partial charge in [-0.25, -0.2) is 4.98 Å². The smallest absolute Gasteiger partial charge is 0.153 e. The Kier molecular flexibility index (Phi) is 3.36. The minimum atomic E-state index is 0.456. The number of rotatable bonds is 3. The van der Waals surface area contributed by atoms with Crippen molar-refractivity contribution >= 4 is 0 Å². The van der Waals surface area contributed by atoms with Crippen molar-refractivity contribution in [1.29, 1.82) is 0 Å². The maximum Gasteiger partial charge on any atom is 0.153 e. The van der Waals surface area contributed by atoms with E-state index in [9.17, 15) is 0 Å². The van der Waals surface area contributed by atoms with Crippen molar-refractivity contribution in [2.45, 2.75) is 51.5 Å². The van der Waals surface area contributed by atoms with E-state index in [0.717, 1.165) is 17.6 Å². The molecule has 0 saturated heterocycles. The number of hydrogen-bond donors (Lipinski definition) is 2. The second-order valence-corrected chi connectivity index (χ2v) is 4.47. The van der Waals surface area contributed by atoms with Crippen LogP contribution in [0.3, 0.4) is 0 Å². The van der Waals surface area contributed by atoms with Crippen LogP contribution in [0.4, 0.5) is 0 Å². The van der Waals surface area contributed by atoms with Crippen LogP contribution in [0.25, 0.3) is 0 Å². The molecule has 0 amide bonds. The molecule has 1 saturated carbocycles. The van der Waals surface area contributed by atoms with Crippen LogP contribution < -0.4 is 5.73 Å². The molecule has 15 heavy (non-hydrogen) atoms. The summed E-state index contributed by atoms with van der Waals surface area (Å²) in [6.07, 6.45) is 6.44. The zero-order valence-corrected chi connectivity index (χ0v) is 9.37. The van der Waals surface area contributed by atoms with Gasteiger partial charge in [-0.2, -0.15) is 5.10 Å². The van der Waals surface area contributed by atoms with E-state index in [0.29, 0.717) is 12.5 Å². The van der Waals surface area contributed by atoms with E-state index < -0.39 is 0 Å². The van der Waals surface area contributed by atoms with E-state index in [2.05, 4.69) is 22.1 Å². The average Bonchev–Trinajstić information content (AvgIpc) is 2.78. The number of nitrogens with zero attached hydrogens (tertiary/aromatic N) is 2. The molecule has 4 nitrogen and oxygen atoms in total. The molecule has 1 aliphatic rings. The van der Waals surface area contributed by atoms with Gasteiger partial charge in [0.25, 0.3) is 0 Å². The quantitative estimate of drug-likeness (QED) is 0.797. The second-order valence-electron chi connectivity index (χ2n) is 4.47. The first kappa shape index (κ1) is 10.6. The number of aromatic nitrogens is 3. The van der Waals surface area contributed by atoms with Gasteiger partial charge in [-0.3, -0.25) is 5.10 Å². The molecule has 0 bridgehead atoms. The predicted molar refractivity (Wildman–Crippen MR) is 59.3 cm³/mol. The molecule has 0 aliphatic heterocycles. The summed E-state index contributed by atoms with van der Waals surface area (Å²) in [6.45, 7) is 2.74. The van der Waals surface area contributed by atoms with E-state index in [1.807, 2.05) is 0 Å². The van der Waals surface area contributed by atoms with Crippen LogP contribution in [-0.4, -0.2) is 15.2 Å². The Balaban J connectivity index is 1.95. The van der Waals surface area contributed by atoms with Gasteiger partial charge in [0.2, 0.25) is 0 Å². The highest BCUT2D eigenvalue weighted by Crippen LogP contribution is 2.35. The first-order valence-electron chi connectivity index (χ1n) is 5.94. The normalized spacial score (nSPS) is 26.8. The molecule has 0 radical (unpaired) electrons. The summed E-state index contributed by atoms with van der Waals surface area (Å²) in [7, 11) is 0. The number of nitrogens with two attached hydrogens (primary N) is 1. The van der Waals surface area contributed by atoms with Gasteiger partial charge in [-0.05, 0) is 31.6 Å². The van der Waals surface area contributed by atoms with Gasteiger partial charge in [0, 0.05) is 5.92 Å². The summed E-state index contributed by atoms with van der Waals surface area (Å²) in [5, 5.41) is 7.14. The Morgan fingerprint density at radius 2 is 2.07 bits per heavy atom. The Morgan fingerprint density at radius 3 is 2.60 bits per heavy atom. The molecular formula is C11H20N4. The molecule has 0 spiro atoms. The highest BCUT2D eigenvalue weighted by molar-refractivity contribution is 4.99. The molecule has 1 aliphatic carbocycles. The summed E-state index contributed by atoms with van der Waals surface area (Å²) >= 11 is 0. The summed E-state index contributed by atoms with van der Waals surface area (Å²) in [6, 6.07) is 0. The van der Waals surface area contributed by atoms with Crippen LogP contribution in [0.15, 0.2) is 0 Å². The van der Waals surface area contributed by atoms with Gasteiger partial charge >= 0.3 is 0 Å². The van der Waals surface area contributed by atoms with Crippen molar-refractivity contribution < 1.29 is 0 Å². The van der Waals surface area contributed by atoms with Crippen molar-refractivity contribution in [3.8, 4) is 0 Å². The molecule has 4 heteroatoms. The molecule has 2 rings (SSSR count). The predicted octanol–water partition coefficient (Wildman–Crippen LogP) is 1.95. The minimum absolute atomic E-state index is 0.456. The highest BCUT2D eigenvalue weighted by atomic mass is 15.2. The highest BCUT2D eigenvalue weighted by Gasteiger charge is 2.23. The fourth-order valence-corrected chi connectivity index (χ4v) is 2.41. The maximum atomic E-state index is 5.50. The van der Waals surface area contributed by atoms with Gasteiger partial charge < -0.3 is 5.73 Å². The lowest BCUT2D eigenvalue weighted by atomic mass is 9.80. The topological polar surface area (TPSA) is 67.6 Å². The van der Waals surface area contributed by atoms with Crippen LogP contribution in [0.2, 0.25) is 0 Å². The summed E-state index contributed by atoms with van der Waals surface area (Å²) in [4.78, 5) is 4.41. The average molecular weight is 208 g/mol. The first-order chi connectivity index (χ1) is 7.33. The number of nitrogens with one attached hydrogen (secondary N) is 1. The maximum absolute atomic E-state index is 5.50. The lowest BCUT2D eigenvalue weighted by Crippen LogP contribution is -2.13. The number of hydrogen-bond acceptors (Lipinski definition) is 3. The van der Waals surface area contributed by atoms with E-state index >= 15 is 0 Å². The van der Waals surface area contributed by atoms with Crippen molar-refractivity contribution in [2.75, 3.05) is 0 Å². The van der Waals surface area contributed by atoms with Crippen LogP contribution in [-0.2, 0) is 6.54 Å². The van der Waals surface area contributed by atoms with Crippen molar-refractivity contribution in [1.82, 2.24) is 15.2 Å². The molecule has 1 aromatic rings. The molecule has 84 valence electrons. The van der Waals surface area contributed by atoms with Crippen molar-refractivity contribution in [3.05, 3.63) is 11.6 Å². The lowest BCUT2D eigenvalue weighted by Gasteiger charge is -2.25. The van der Waals surface area contributed by atoms with Crippen molar-refractivity contribution in [3.63, 3.8) is 0 Å². The summed E-state index contributed by atoms with van der Waals surface area (Å²) < 4.78 is 0. The van der Waals surface area contributed by atoms with Crippen molar-refractivity contribution in [2.24, 2.45) is 11.7 Å². The van der Waals surface area contributed by atoms with E-state index in [-0.39, 0.29) is 0 Å². The molecule has 1 fully saturated rings. The largest absolute Gasteiger partial charge is 0.324 e. The Hall–Kier alpha value is -0.900. The third kappa shape index (κ3) is 2.37. The van der Waals surface area contributed by atoms with Crippen LogP contribution in [0, 0.1) is 5.92 Å². The fourth-order valence-electron chi connectivity index (χ4n) is 2.41. The van der Waals surface area contributed by atoms with Gasteiger partial charge in [0.15, 0.2) is 5.82 Å². The molecule has 3 N–H and O–H groups in total. The molecule has 0 aromatic carbocycles. The summed E-state index contributed by atoms with van der Waals surface area (Å²) in [5.74, 6) is 3.27. The zero-order chi connectivity index (χ0) is 10.7. The van der Waals surface area contributed by atoms with Gasteiger partial charge in [-0.15, -0.1) is 0 Å². The fraction of sp³-hybridized carbons (Fsp3) is 0.818. The minimum Gasteiger partial charge on any atom is -0.324 e. The van der Waals surface area contributed by atoms with Crippen LogP contribution >= 0.6 is 0 Å². The number of H-pyrrole nitrogens is 1. The van der Waals surface area contributed by atoms with Gasteiger partial charge in [0.05, 0.1) is 6.54 Å². The number of aromatic amines is 1. The standard InChI is InChI=1S/C11H20N4/c1-2-8-3-5-9(6-4-8)11-13-10(7-12)14-15-11/h8-9H,2-7,12H2,1H3,(H,13,14,15). The first-order valence-corrected chi connectivity index (χ1v) is 5.94. The lowest BCUT2D eigenvalue weighted by molar-refractivity contribution is 0.312. The van der Waals surface area contributed by atoms with E-state index in [4.69, 9.17) is 5.73 Å².